The maximum absolute atomic E-state index is 5.54. The van der Waals surface area contributed by atoms with Crippen molar-refractivity contribution in [1.82, 2.24) is 4.90 Å². The van der Waals surface area contributed by atoms with Crippen LogP contribution in [-0.4, -0.2) is 31.6 Å². The topological polar surface area (TPSA) is 29.3 Å². The summed E-state index contributed by atoms with van der Waals surface area (Å²) in [6.45, 7) is 5.46. The summed E-state index contributed by atoms with van der Waals surface area (Å²) in [4.78, 5) is 2.42. The normalized spacial score (nSPS) is 12.2. The second-order valence-corrected chi connectivity index (χ2v) is 7.38. The minimum Gasteiger partial charge on any atom is -0.330 e. The highest BCUT2D eigenvalue weighted by atomic mass is 15.1. The summed E-state index contributed by atoms with van der Waals surface area (Å²) >= 11 is 0. The van der Waals surface area contributed by atoms with Gasteiger partial charge in [0.1, 0.15) is 0 Å². The predicted octanol–water partition coefficient (Wildman–Crippen LogP) is 6.47. The van der Waals surface area contributed by atoms with Gasteiger partial charge in [-0.25, -0.2) is 0 Å². The summed E-state index contributed by atoms with van der Waals surface area (Å²) in [5, 5.41) is 0. The van der Waals surface area contributed by atoms with E-state index in [0.29, 0.717) is 0 Å². The molecule has 0 aliphatic carbocycles. The van der Waals surface area contributed by atoms with E-state index < -0.39 is 0 Å². The summed E-state index contributed by atoms with van der Waals surface area (Å²) in [5.41, 5.74) is 5.54. The van der Waals surface area contributed by atoms with Gasteiger partial charge in [0.2, 0.25) is 0 Å². The molecular formula is C23H46N2. The number of rotatable bonds is 19. The van der Waals surface area contributed by atoms with Gasteiger partial charge >= 0.3 is 0 Å². The molecule has 0 aromatic rings. The third-order valence-electron chi connectivity index (χ3n) is 4.73. The minimum atomic E-state index is 0.815. The van der Waals surface area contributed by atoms with Crippen LogP contribution < -0.4 is 5.73 Å². The van der Waals surface area contributed by atoms with Gasteiger partial charge in [-0.1, -0.05) is 76.2 Å². The third kappa shape index (κ3) is 21.4. The average molecular weight is 351 g/mol. The van der Waals surface area contributed by atoms with Crippen molar-refractivity contribution in [3.8, 4) is 0 Å². The fraction of sp³-hybridized carbons (Fsp3) is 0.826. The Labute approximate surface area is 158 Å². The summed E-state index contributed by atoms with van der Waals surface area (Å²) < 4.78 is 0. The Morgan fingerprint density at radius 1 is 0.640 bits per heavy atom. The Morgan fingerprint density at radius 2 is 1.16 bits per heavy atom. The highest BCUT2D eigenvalue weighted by molar-refractivity contribution is 4.92. The van der Waals surface area contributed by atoms with Crippen LogP contribution in [0.1, 0.15) is 96.8 Å². The van der Waals surface area contributed by atoms with Crippen molar-refractivity contribution in [1.29, 1.82) is 0 Å². The molecule has 0 saturated heterocycles. The Balaban J connectivity index is 3.19. The standard InChI is InChI=1S/C23H46N2/c1-3-4-5-6-7-8-9-10-11-12-13-14-15-16-17-18-19-22-25(2)23-20-21-24/h7-8,10-11H,3-6,9,12-24H2,1-2H3/b8-7-,11-10-. The fourth-order valence-electron chi connectivity index (χ4n) is 3.02. The lowest BCUT2D eigenvalue weighted by Gasteiger charge is -2.15. The van der Waals surface area contributed by atoms with Crippen LogP contribution in [0.3, 0.4) is 0 Å². The molecule has 0 bridgehead atoms. The zero-order chi connectivity index (χ0) is 18.4. The first-order valence-electron chi connectivity index (χ1n) is 11.0. The number of allylic oxidation sites excluding steroid dienone is 4. The smallest absolute Gasteiger partial charge is 0.000977 e. The van der Waals surface area contributed by atoms with Gasteiger partial charge in [-0.15, -0.1) is 0 Å². The molecular weight excluding hydrogens is 304 g/mol. The van der Waals surface area contributed by atoms with Gasteiger partial charge in [0, 0.05) is 0 Å². The second-order valence-electron chi connectivity index (χ2n) is 7.38. The molecule has 0 spiro atoms. The van der Waals surface area contributed by atoms with E-state index in [0.717, 1.165) is 25.9 Å². The SMILES string of the molecule is CCCCC/C=C\C/C=C\CCCCCCCCCN(C)CCCN. The van der Waals surface area contributed by atoms with E-state index in [1.807, 2.05) is 0 Å². The molecule has 0 aromatic carbocycles. The van der Waals surface area contributed by atoms with Gasteiger partial charge in [-0.3, -0.25) is 0 Å². The van der Waals surface area contributed by atoms with Gasteiger partial charge in [0.25, 0.3) is 0 Å². The molecule has 0 saturated carbocycles. The van der Waals surface area contributed by atoms with Crippen molar-refractivity contribution in [3.63, 3.8) is 0 Å². The first-order valence-corrected chi connectivity index (χ1v) is 11.0. The molecule has 0 fully saturated rings. The van der Waals surface area contributed by atoms with Crippen LogP contribution in [0, 0.1) is 0 Å². The van der Waals surface area contributed by atoms with E-state index in [4.69, 9.17) is 5.73 Å². The van der Waals surface area contributed by atoms with Crippen LogP contribution >= 0.6 is 0 Å². The maximum atomic E-state index is 5.54. The fourth-order valence-corrected chi connectivity index (χ4v) is 3.02. The van der Waals surface area contributed by atoms with Crippen LogP contribution in [-0.2, 0) is 0 Å². The van der Waals surface area contributed by atoms with E-state index in [1.165, 1.54) is 83.6 Å². The highest BCUT2D eigenvalue weighted by Crippen LogP contribution is 2.09. The number of nitrogens with two attached hydrogens (primary N) is 1. The van der Waals surface area contributed by atoms with Gasteiger partial charge in [-0.2, -0.15) is 0 Å². The molecule has 0 aromatic heterocycles. The quantitative estimate of drug-likeness (QED) is 0.214. The third-order valence-corrected chi connectivity index (χ3v) is 4.73. The van der Waals surface area contributed by atoms with E-state index in [-0.39, 0.29) is 0 Å². The molecule has 2 N–H and O–H groups in total. The Hall–Kier alpha value is -0.600. The molecule has 0 aliphatic heterocycles. The number of nitrogens with zero attached hydrogens (tertiary/aromatic N) is 1. The van der Waals surface area contributed by atoms with E-state index >= 15 is 0 Å². The number of hydrogen-bond acceptors (Lipinski definition) is 2. The van der Waals surface area contributed by atoms with Gasteiger partial charge in [-0.05, 0) is 71.6 Å². The zero-order valence-corrected chi connectivity index (χ0v) is 17.4. The molecule has 0 unspecified atom stereocenters. The van der Waals surface area contributed by atoms with Crippen molar-refractivity contribution < 1.29 is 0 Å². The van der Waals surface area contributed by atoms with Gasteiger partial charge in [0.15, 0.2) is 0 Å². The Bertz CT molecular complexity index is 296. The van der Waals surface area contributed by atoms with Crippen LogP contribution in [0.15, 0.2) is 24.3 Å². The van der Waals surface area contributed by atoms with E-state index in [1.54, 1.807) is 0 Å². The predicted molar refractivity (Wildman–Crippen MR) is 115 cm³/mol. The Morgan fingerprint density at radius 3 is 1.76 bits per heavy atom. The maximum Gasteiger partial charge on any atom is -0.000977 e. The van der Waals surface area contributed by atoms with Crippen molar-refractivity contribution in [3.05, 3.63) is 24.3 Å². The molecule has 2 heteroatoms. The summed E-state index contributed by atoms with van der Waals surface area (Å²) in [6, 6.07) is 0. The largest absolute Gasteiger partial charge is 0.330 e. The summed E-state index contributed by atoms with van der Waals surface area (Å²) in [6.07, 6.45) is 27.9. The molecule has 0 rings (SSSR count). The van der Waals surface area contributed by atoms with Gasteiger partial charge < -0.3 is 10.6 Å². The lowest BCUT2D eigenvalue weighted by atomic mass is 10.1. The zero-order valence-electron chi connectivity index (χ0n) is 17.4. The van der Waals surface area contributed by atoms with Crippen molar-refractivity contribution >= 4 is 0 Å². The van der Waals surface area contributed by atoms with Crippen LogP contribution in [0.2, 0.25) is 0 Å². The van der Waals surface area contributed by atoms with Crippen LogP contribution in [0.25, 0.3) is 0 Å². The molecule has 0 heterocycles. The van der Waals surface area contributed by atoms with Crippen molar-refractivity contribution in [2.24, 2.45) is 5.73 Å². The average Bonchev–Trinajstić information content (AvgIpc) is 2.62. The summed E-state index contributed by atoms with van der Waals surface area (Å²) in [7, 11) is 2.21. The first-order chi connectivity index (χ1) is 12.3. The number of unbranched alkanes of at least 4 members (excludes halogenated alkanes) is 10. The monoisotopic (exact) mass is 350 g/mol. The molecule has 148 valence electrons. The molecule has 0 radical (unpaired) electrons. The first kappa shape index (κ1) is 24.4. The summed E-state index contributed by atoms with van der Waals surface area (Å²) in [5.74, 6) is 0. The highest BCUT2D eigenvalue weighted by Gasteiger charge is 1.97. The van der Waals surface area contributed by atoms with Crippen LogP contribution in [0.4, 0.5) is 0 Å². The lowest BCUT2D eigenvalue weighted by Crippen LogP contribution is -2.22. The van der Waals surface area contributed by atoms with E-state index in [9.17, 15) is 0 Å². The second kappa shape index (κ2) is 21.4. The van der Waals surface area contributed by atoms with Crippen molar-refractivity contribution in [2.45, 2.75) is 96.8 Å². The van der Waals surface area contributed by atoms with E-state index in [2.05, 4.69) is 43.2 Å². The molecule has 2 nitrogen and oxygen atoms in total. The van der Waals surface area contributed by atoms with Crippen molar-refractivity contribution in [2.75, 3.05) is 26.7 Å². The lowest BCUT2D eigenvalue weighted by molar-refractivity contribution is 0.321. The molecule has 0 atom stereocenters. The molecule has 25 heavy (non-hydrogen) atoms. The molecule has 0 aliphatic rings. The molecule has 0 amide bonds. The van der Waals surface area contributed by atoms with Gasteiger partial charge in [0.05, 0.1) is 0 Å². The Kier molecular flexibility index (Phi) is 20.9. The number of hydrogen-bond donors (Lipinski definition) is 1. The minimum absolute atomic E-state index is 0.815. The van der Waals surface area contributed by atoms with Crippen LogP contribution in [0.5, 0.6) is 0 Å².